The van der Waals surface area contributed by atoms with E-state index in [2.05, 4.69) is 73.6 Å². The standard InChI is InChI=1S/C31H48O/c1-9-21(2)11-10-12-22(3)23-15-19-31(8)25-13-14-26-28(4,5)27(32)17-18-29(26,6)24(25)16-20-30(23,31)7/h11,13,16,22-23,26H,9-10,12,14-15,17-20H2,1-8H3/t22-,23-,26?,29-,30-,31+/m1/s1. The molecule has 2 saturated carbocycles. The van der Waals surface area contributed by atoms with Crippen LogP contribution in [0.4, 0.5) is 0 Å². The maximum Gasteiger partial charge on any atom is 0.138 e. The van der Waals surface area contributed by atoms with Gasteiger partial charge in [-0.15, -0.1) is 0 Å². The molecule has 0 aromatic heterocycles. The molecule has 0 N–H and O–H groups in total. The molecule has 6 atom stereocenters. The van der Waals surface area contributed by atoms with E-state index in [-0.39, 0.29) is 16.2 Å². The lowest BCUT2D eigenvalue weighted by Gasteiger charge is -2.59. The molecule has 4 aliphatic rings. The Morgan fingerprint density at radius 1 is 1.12 bits per heavy atom. The number of ketones is 1. The minimum atomic E-state index is -0.200. The molecule has 4 rings (SSSR count). The fourth-order valence-electron chi connectivity index (χ4n) is 8.70. The van der Waals surface area contributed by atoms with E-state index in [9.17, 15) is 4.79 Å². The number of carbonyl (C=O) groups excluding carboxylic acids is 1. The summed E-state index contributed by atoms with van der Waals surface area (Å²) in [5.74, 6) is 2.50. The summed E-state index contributed by atoms with van der Waals surface area (Å²) in [6.45, 7) is 19.2. The summed E-state index contributed by atoms with van der Waals surface area (Å²) < 4.78 is 0. The van der Waals surface area contributed by atoms with Crippen molar-refractivity contribution < 1.29 is 4.79 Å². The first kappa shape index (κ1) is 24.0. The van der Waals surface area contributed by atoms with E-state index in [1.807, 2.05) is 0 Å². The molecule has 0 aromatic rings. The molecule has 2 fully saturated rings. The highest BCUT2D eigenvalue weighted by Gasteiger charge is 2.63. The molecule has 0 saturated heterocycles. The summed E-state index contributed by atoms with van der Waals surface area (Å²) in [6.07, 6.45) is 18.2. The van der Waals surface area contributed by atoms with E-state index in [1.165, 1.54) is 44.1 Å². The molecule has 0 bridgehead atoms. The lowest BCUT2D eigenvalue weighted by Crippen LogP contribution is -2.53. The number of Topliss-reactive ketones (excluding diaryl/α,β-unsaturated/α-hetero) is 1. The first-order valence-electron chi connectivity index (χ1n) is 13.5. The van der Waals surface area contributed by atoms with Crippen LogP contribution in [0.5, 0.6) is 0 Å². The molecule has 1 heteroatoms. The van der Waals surface area contributed by atoms with Crippen molar-refractivity contribution in [3.8, 4) is 0 Å². The Morgan fingerprint density at radius 3 is 2.53 bits per heavy atom. The number of carbonyl (C=O) groups is 1. The molecule has 0 heterocycles. The molecule has 1 unspecified atom stereocenters. The molecule has 32 heavy (non-hydrogen) atoms. The fraction of sp³-hybridized carbons (Fsp3) is 0.774. The molecule has 0 aromatic carbocycles. The first-order valence-corrected chi connectivity index (χ1v) is 13.5. The summed E-state index contributed by atoms with van der Waals surface area (Å²) in [4.78, 5) is 12.8. The van der Waals surface area contributed by atoms with Gasteiger partial charge in [-0.25, -0.2) is 0 Å². The highest BCUT2D eigenvalue weighted by molar-refractivity contribution is 5.86. The summed E-state index contributed by atoms with van der Waals surface area (Å²) in [7, 11) is 0. The summed E-state index contributed by atoms with van der Waals surface area (Å²) in [5.41, 5.74) is 5.44. The van der Waals surface area contributed by atoms with Crippen LogP contribution in [0, 0.1) is 39.4 Å². The predicted molar refractivity (Wildman–Crippen MR) is 136 cm³/mol. The van der Waals surface area contributed by atoms with Crippen LogP contribution in [0.3, 0.4) is 0 Å². The Hall–Kier alpha value is -1.11. The topological polar surface area (TPSA) is 17.1 Å². The second-order valence-corrected chi connectivity index (χ2v) is 13.1. The van der Waals surface area contributed by atoms with Crippen molar-refractivity contribution in [3.63, 3.8) is 0 Å². The van der Waals surface area contributed by atoms with Gasteiger partial charge in [0, 0.05) is 11.8 Å². The van der Waals surface area contributed by atoms with Crippen molar-refractivity contribution in [2.24, 2.45) is 39.4 Å². The van der Waals surface area contributed by atoms with Crippen LogP contribution >= 0.6 is 0 Å². The fourth-order valence-corrected chi connectivity index (χ4v) is 8.70. The number of fused-ring (bicyclic) bond motifs is 5. The third-order valence-corrected chi connectivity index (χ3v) is 11.4. The van der Waals surface area contributed by atoms with E-state index in [0.29, 0.717) is 17.1 Å². The Bertz CT molecular complexity index is 869. The van der Waals surface area contributed by atoms with Crippen LogP contribution < -0.4 is 0 Å². The highest BCUT2D eigenvalue weighted by atomic mass is 16.1. The van der Waals surface area contributed by atoms with Crippen molar-refractivity contribution in [1.29, 1.82) is 0 Å². The van der Waals surface area contributed by atoms with Gasteiger partial charge in [-0.1, -0.05) is 72.3 Å². The first-order chi connectivity index (χ1) is 14.9. The van der Waals surface area contributed by atoms with Gasteiger partial charge in [0.2, 0.25) is 0 Å². The average molecular weight is 437 g/mol. The van der Waals surface area contributed by atoms with Gasteiger partial charge in [0.25, 0.3) is 0 Å². The SMILES string of the molecule is CCC(C)=CCC[C@@H](C)[C@H]1CC[C@@]2(C)C3=CCC4C(C)(C)C(=O)CC[C@]4(C)C3=CC[C@]12C. The molecule has 0 spiro atoms. The zero-order chi connectivity index (χ0) is 23.5. The maximum absolute atomic E-state index is 12.8. The Balaban J connectivity index is 1.63. The number of hydrogen-bond donors (Lipinski definition) is 0. The normalized spacial score (nSPS) is 41.9. The van der Waals surface area contributed by atoms with Gasteiger partial charge >= 0.3 is 0 Å². The van der Waals surface area contributed by atoms with Gasteiger partial charge in [-0.3, -0.25) is 4.79 Å². The Labute approximate surface area is 198 Å². The van der Waals surface area contributed by atoms with E-state index in [0.717, 1.165) is 31.1 Å². The Morgan fingerprint density at radius 2 is 1.84 bits per heavy atom. The summed E-state index contributed by atoms with van der Waals surface area (Å²) in [6, 6.07) is 0. The van der Waals surface area contributed by atoms with E-state index in [1.54, 1.807) is 11.1 Å². The van der Waals surface area contributed by atoms with Crippen LogP contribution in [0.2, 0.25) is 0 Å². The quantitative estimate of drug-likeness (QED) is 0.393. The number of hydrogen-bond acceptors (Lipinski definition) is 1. The van der Waals surface area contributed by atoms with Crippen molar-refractivity contribution in [2.45, 2.75) is 113 Å². The van der Waals surface area contributed by atoms with Crippen LogP contribution in [0.25, 0.3) is 0 Å². The molecule has 0 radical (unpaired) electrons. The Kier molecular flexibility index (Phi) is 6.00. The minimum Gasteiger partial charge on any atom is -0.299 e. The molecule has 178 valence electrons. The van der Waals surface area contributed by atoms with Gasteiger partial charge < -0.3 is 0 Å². The van der Waals surface area contributed by atoms with Crippen LogP contribution in [0.1, 0.15) is 113 Å². The highest BCUT2D eigenvalue weighted by Crippen LogP contribution is 2.71. The van der Waals surface area contributed by atoms with Crippen molar-refractivity contribution >= 4 is 5.78 Å². The molecule has 4 aliphatic carbocycles. The predicted octanol–water partition coefficient (Wildman–Crippen LogP) is 8.85. The second kappa shape index (κ2) is 7.99. The second-order valence-electron chi connectivity index (χ2n) is 13.1. The lowest BCUT2D eigenvalue weighted by atomic mass is 9.44. The minimum absolute atomic E-state index is 0.165. The van der Waals surface area contributed by atoms with Gasteiger partial charge in [-0.05, 0) is 103 Å². The molecule has 1 nitrogen and oxygen atoms in total. The third-order valence-electron chi connectivity index (χ3n) is 11.4. The van der Waals surface area contributed by atoms with E-state index in [4.69, 9.17) is 0 Å². The molecule has 0 amide bonds. The zero-order valence-corrected chi connectivity index (χ0v) is 22.2. The van der Waals surface area contributed by atoms with Gasteiger partial charge in [0.05, 0.1) is 0 Å². The summed E-state index contributed by atoms with van der Waals surface area (Å²) in [5, 5.41) is 0. The van der Waals surface area contributed by atoms with E-state index >= 15 is 0 Å². The monoisotopic (exact) mass is 436 g/mol. The molecule has 0 aliphatic heterocycles. The largest absolute Gasteiger partial charge is 0.299 e. The van der Waals surface area contributed by atoms with E-state index < -0.39 is 0 Å². The lowest BCUT2D eigenvalue weighted by molar-refractivity contribution is -0.138. The van der Waals surface area contributed by atoms with Crippen molar-refractivity contribution in [1.82, 2.24) is 0 Å². The van der Waals surface area contributed by atoms with Crippen LogP contribution in [0.15, 0.2) is 34.9 Å². The molecular formula is C31H48O. The van der Waals surface area contributed by atoms with Crippen LogP contribution in [-0.4, -0.2) is 5.78 Å². The van der Waals surface area contributed by atoms with Gasteiger partial charge in [0.15, 0.2) is 0 Å². The number of rotatable bonds is 5. The average Bonchev–Trinajstić information content (AvgIpc) is 3.02. The van der Waals surface area contributed by atoms with Crippen molar-refractivity contribution in [2.75, 3.05) is 0 Å². The smallest absolute Gasteiger partial charge is 0.138 e. The zero-order valence-electron chi connectivity index (χ0n) is 22.2. The molecular weight excluding hydrogens is 388 g/mol. The van der Waals surface area contributed by atoms with Gasteiger partial charge in [0.1, 0.15) is 5.78 Å². The van der Waals surface area contributed by atoms with Crippen LogP contribution in [-0.2, 0) is 4.79 Å². The third kappa shape index (κ3) is 3.27. The van der Waals surface area contributed by atoms with Crippen molar-refractivity contribution in [3.05, 3.63) is 34.9 Å². The number of allylic oxidation sites excluding steroid dienone is 6. The van der Waals surface area contributed by atoms with Gasteiger partial charge in [-0.2, -0.15) is 0 Å². The maximum atomic E-state index is 12.8. The summed E-state index contributed by atoms with van der Waals surface area (Å²) >= 11 is 0.